The molecule has 1 aliphatic rings. The minimum Gasteiger partial charge on any atom is -0.463 e. The van der Waals surface area contributed by atoms with E-state index in [1.807, 2.05) is 0 Å². The van der Waals surface area contributed by atoms with Crippen LogP contribution in [0.2, 0.25) is 0 Å². The summed E-state index contributed by atoms with van der Waals surface area (Å²) in [5.41, 5.74) is 0. The number of hydrogen-bond acceptors (Lipinski definition) is 6. The van der Waals surface area contributed by atoms with E-state index < -0.39 is 17.8 Å². The van der Waals surface area contributed by atoms with Gasteiger partial charge in [-0.15, -0.1) is 5.10 Å². The second-order valence-corrected chi connectivity index (χ2v) is 4.07. The maximum atomic E-state index is 11.7. The van der Waals surface area contributed by atoms with E-state index in [9.17, 15) is 14.4 Å². The molecule has 1 aromatic heterocycles. The topological polar surface area (TPSA) is 121 Å². The summed E-state index contributed by atoms with van der Waals surface area (Å²) in [4.78, 5) is 40.8. The first-order valence-electron chi connectivity index (χ1n) is 5.91. The van der Waals surface area contributed by atoms with Crippen LogP contribution in [0.4, 0.5) is 10.7 Å². The monoisotopic (exact) mass is 282 g/mol. The zero-order chi connectivity index (χ0) is 14.7. The third kappa shape index (κ3) is 2.84. The van der Waals surface area contributed by atoms with Gasteiger partial charge in [0.05, 0.1) is 6.61 Å². The van der Waals surface area contributed by atoms with Gasteiger partial charge in [-0.3, -0.25) is 19.8 Å². The molecule has 0 aromatic carbocycles. The quantitative estimate of drug-likeness (QED) is 0.671. The van der Waals surface area contributed by atoms with Crippen LogP contribution in [-0.4, -0.2) is 69.6 Å². The summed E-state index contributed by atoms with van der Waals surface area (Å²) >= 11 is 0. The average Bonchev–Trinajstić information content (AvgIpc) is 2.91. The number of nitrogens with zero attached hydrogens (tertiary/aromatic N) is 4. The predicted molar refractivity (Wildman–Crippen MR) is 65.9 cm³/mol. The van der Waals surface area contributed by atoms with Gasteiger partial charge < -0.3 is 9.64 Å². The van der Waals surface area contributed by atoms with Gasteiger partial charge in [-0.2, -0.15) is 4.98 Å². The van der Waals surface area contributed by atoms with E-state index >= 15 is 0 Å². The Morgan fingerprint density at radius 2 is 2.25 bits per heavy atom. The van der Waals surface area contributed by atoms with Gasteiger partial charge in [0.2, 0.25) is 11.9 Å². The second kappa shape index (κ2) is 5.55. The number of aromatic amines is 1. The number of nitrogens with one attached hydrogen (secondary N) is 2. The Bertz CT molecular complexity index is 542. The molecule has 0 spiro atoms. The fourth-order valence-corrected chi connectivity index (χ4v) is 1.64. The molecule has 0 saturated carbocycles. The van der Waals surface area contributed by atoms with Crippen molar-refractivity contribution in [3.8, 4) is 6.01 Å². The summed E-state index contributed by atoms with van der Waals surface area (Å²) in [6, 6.07) is -0.395. The van der Waals surface area contributed by atoms with Crippen LogP contribution >= 0.6 is 0 Å². The molecule has 4 amide bonds. The summed E-state index contributed by atoms with van der Waals surface area (Å²) < 4.78 is 5.02. The molecule has 0 bridgehead atoms. The van der Waals surface area contributed by atoms with Crippen molar-refractivity contribution < 1.29 is 19.1 Å². The van der Waals surface area contributed by atoms with E-state index in [0.717, 1.165) is 4.90 Å². The van der Waals surface area contributed by atoms with Crippen molar-refractivity contribution in [2.75, 3.05) is 32.1 Å². The summed E-state index contributed by atoms with van der Waals surface area (Å²) in [5.74, 6) is -0.882. The van der Waals surface area contributed by atoms with Crippen molar-refractivity contribution in [1.82, 2.24) is 25.0 Å². The van der Waals surface area contributed by atoms with Crippen molar-refractivity contribution in [2.24, 2.45) is 0 Å². The molecule has 2 heterocycles. The number of amides is 4. The fraction of sp³-hybridized carbons (Fsp3) is 0.500. The molecule has 20 heavy (non-hydrogen) atoms. The van der Waals surface area contributed by atoms with Gasteiger partial charge >= 0.3 is 12.0 Å². The molecule has 10 nitrogen and oxygen atoms in total. The molecule has 108 valence electrons. The van der Waals surface area contributed by atoms with Crippen molar-refractivity contribution in [3.63, 3.8) is 0 Å². The summed E-state index contributed by atoms with van der Waals surface area (Å²) in [5, 5.41) is 8.56. The second-order valence-electron chi connectivity index (χ2n) is 4.07. The third-order valence-electron chi connectivity index (χ3n) is 2.53. The Kier molecular flexibility index (Phi) is 3.82. The number of anilines is 1. The molecule has 1 saturated heterocycles. The summed E-state index contributed by atoms with van der Waals surface area (Å²) in [6.45, 7) is 1.78. The van der Waals surface area contributed by atoms with Crippen molar-refractivity contribution >= 4 is 23.8 Å². The Morgan fingerprint density at radius 3 is 2.85 bits per heavy atom. The number of urea groups is 1. The third-order valence-corrected chi connectivity index (χ3v) is 2.53. The first kappa shape index (κ1) is 13.8. The van der Waals surface area contributed by atoms with E-state index in [1.165, 1.54) is 11.9 Å². The molecule has 2 N–H and O–H groups in total. The molecule has 0 aliphatic carbocycles. The first-order valence-corrected chi connectivity index (χ1v) is 5.91. The van der Waals surface area contributed by atoms with E-state index in [-0.39, 0.29) is 25.0 Å². The highest BCUT2D eigenvalue weighted by molar-refractivity contribution is 6.05. The molecule has 0 atom stereocenters. The number of imide groups is 1. The van der Waals surface area contributed by atoms with Gasteiger partial charge in [-0.05, 0) is 6.92 Å². The van der Waals surface area contributed by atoms with Gasteiger partial charge in [0.1, 0.15) is 13.1 Å². The average molecular weight is 282 g/mol. The lowest BCUT2D eigenvalue weighted by Gasteiger charge is -2.12. The van der Waals surface area contributed by atoms with Gasteiger partial charge in [0.25, 0.3) is 5.91 Å². The Hall–Kier alpha value is -2.65. The van der Waals surface area contributed by atoms with Crippen LogP contribution in [0.15, 0.2) is 0 Å². The van der Waals surface area contributed by atoms with Crippen molar-refractivity contribution in [1.29, 1.82) is 0 Å². The lowest BCUT2D eigenvalue weighted by atomic mass is 10.5. The molecule has 2 rings (SSSR count). The van der Waals surface area contributed by atoms with Gasteiger partial charge in [-0.1, -0.05) is 0 Å². The lowest BCUT2D eigenvalue weighted by molar-refractivity contribution is -0.129. The van der Waals surface area contributed by atoms with Gasteiger partial charge in [0.15, 0.2) is 0 Å². The number of H-pyrrole nitrogens is 1. The minimum atomic E-state index is -0.554. The molecule has 0 unspecified atom stereocenters. The molecule has 0 radical (unpaired) electrons. The van der Waals surface area contributed by atoms with Crippen LogP contribution in [0.25, 0.3) is 0 Å². The van der Waals surface area contributed by atoms with Gasteiger partial charge in [-0.25, -0.2) is 9.89 Å². The molecular weight excluding hydrogens is 268 g/mol. The van der Waals surface area contributed by atoms with E-state index in [2.05, 4.69) is 20.5 Å². The largest absolute Gasteiger partial charge is 0.463 e. The van der Waals surface area contributed by atoms with Crippen LogP contribution in [0.1, 0.15) is 6.92 Å². The first-order chi connectivity index (χ1) is 9.51. The van der Waals surface area contributed by atoms with E-state index in [4.69, 9.17) is 4.74 Å². The fourth-order valence-electron chi connectivity index (χ4n) is 1.64. The molecular formula is C10H14N6O4. The van der Waals surface area contributed by atoms with Crippen molar-refractivity contribution in [2.45, 2.75) is 6.92 Å². The molecule has 1 aliphatic heterocycles. The zero-order valence-corrected chi connectivity index (χ0v) is 11.0. The SMILES string of the molecule is CCOc1n[nH]c(NC(=O)CN2C(=O)CN(C)C2=O)n1. The predicted octanol–water partition coefficient (Wildman–Crippen LogP) is -0.964. The highest BCUT2D eigenvalue weighted by Gasteiger charge is 2.34. The number of ether oxygens (including phenoxy) is 1. The lowest BCUT2D eigenvalue weighted by Crippen LogP contribution is -2.38. The number of carbonyl (C=O) groups is 3. The van der Waals surface area contributed by atoms with Crippen molar-refractivity contribution in [3.05, 3.63) is 0 Å². The maximum absolute atomic E-state index is 11.7. The highest BCUT2D eigenvalue weighted by atomic mass is 16.5. The number of likely N-dealkylation sites (N-methyl/N-ethyl adjacent to an activating group) is 1. The molecule has 1 aromatic rings. The van der Waals surface area contributed by atoms with Crippen LogP contribution in [0.5, 0.6) is 6.01 Å². The number of hydrogen-bond donors (Lipinski definition) is 2. The van der Waals surface area contributed by atoms with Crippen LogP contribution < -0.4 is 10.1 Å². The standard InChI is InChI=1S/C10H14N6O4/c1-3-20-9-12-8(13-14-9)11-6(17)4-16-7(18)5-15(2)10(16)19/h3-5H2,1-2H3,(H2,11,12,13,14,17). The van der Waals surface area contributed by atoms with E-state index in [1.54, 1.807) is 6.92 Å². The smallest absolute Gasteiger partial charge is 0.337 e. The molecule has 10 heteroatoms. The van der Waals surface area contributed by atoms with Crippen LogP contribution in [-0.2, 0) is 9.59 Å². The Balaban J connectivity index is 1.92. The molecule has 1 fully saturated rings. The Morgan fingerprint density at radius 1 is 1.50 bits per heavy atom. The summed E-state index contributed by atoms with van der Waals surface area (Å²) in [7, 11) is 1.49. The normalized spacial score (nSPS) is 14.9. The highest BCUT2D eigenvalue weighted by Crippen LogP contribution is 2.09. The number of carbonyl (C=O) groups excluding carboxylic acids is 3. The minimum absolute atomic E-state index is 0.0249. The summed E-state index contributed by atoms with van der Waals surface area (Å²) in [6.07, 6.45) is 0. The maximum Gasteiger partial charge on any atom is 0.337 e. The number of rotatable bonds is 5. The van der Waals surface area contributed by atoms with Gasteiger partial charge in [0, 0.05) is 7.05 Å². The van der Waals surface area contributed by atoms with Crippen LogP contribution in [0, 0.1) is 0 Å². The van der Waals surface area contributed by atoms with Crippen LogP contribution in [0.3, 0.4) is 0 Å². The van der Waals surface area contributed by atoms with E-state index in [0.29, 0.717) is 6.61 Å². The Labute approximate surface area is 114 Å². The number of aromatic nitrogens is 3. The zero-order valence-electron chi connectivity index (χ0n) is 11.0.